The second kappa shape index (κ2) is 6.22. The molecule has 1 aliphatic carbocycles. The van der Waals surface area contributed by atoms with Crippen molar-refractivity contribution in [1.82, 2.24) is 9.78 Å². The first-order chi connectivity index (χ1) is 10.7. The van der Waals surface area contributed by atoms with Crippen LogP contribution < -0.4 is 15.0 Å². The van der Waals surface area contributed by atoms with E-state index in [9.17, 15) is 4.79 Å². The van der Waals surface area contributed by atoms with E-state index in [1.807, 2.05) is 18.2 Å². The molecule has 1 saturated carbocycles. The van der Waals surface area contributed by atoms with Crippen molar-refractivity contribution >= 4 is 0 Å². The van der Waals surface area contributed by atoms with Gasteiger partial charge >= 0.3 is 0 Å². The first-order valence-electron chi connectivity index (χ1n) is 7.55. The number of aromatic nitrogens is 2. The zero-order chi connectivity index (χ0) is 15.5. The molecule has 0 aliphatic heterocycles. The maximum Gasteiger partial charge on any atom is 0.267 e. The number of methoxy groups -OCH3 is 2. The Labute approximate surface area is 129 Å². The van der Waals surface area contributed by atoms with Gasteiger partial charge in [0.05, 0.1) is 26.0 Å². The zero-order valence-corrected chi connectivity index (χ0v) is 12.9. The summed E-state index contributed by atoms with van der Waals surface area (Å²) in [6, 6.07) is 9.23. The van der Waals surface area contributed by atoms with Crippen LogP contribution in [0.2, 0.25) is 0 Å². The van der Waals surface area contributed by atoms with Gasteiger partial charge in [-0.25, -0.2) is 4.68 Å². The second-order valence-electron chi connectivity index (χ2n) is 5.51. The molecule has 2 aromatic rings. The average Bonchev–Trinajstić information content (AvgIpc) is 3.09. The molecule has 5 heteroatoms. The smallest absolute Gasteiger partial charge is 0.267 e. The van der Waals surface area contributed by atoms with Gasteiger partial charge in [-0.1, -0.05) is 12.8 Å². The minimum Gasteiger partial charge on any atom is -0.493 e. The van der Waals surface area contributed by atoms with Crippen LogP contribution in [0.5, 0.6) is 11.5 Å². The van der Waals surface area contributed by atoms with Crippen molar-refractivity contribution < 1.29 is 9.47 Å². The Balaban J connectivity index is 2.01. The van der Waals surface area contributed by atoms with Gasteiger partial charge in [0.25, 0.3) is 5.56 Å². The van der Waals surface area contributed by atoms with Gasteiger partial charge in [0.15, 0.2) is 11.5 Å². The first kappa shape index (κ1) is 14.6. The summed E-state index contributed by atoms with van der Waals surface area (Å²) in [4.78, 5) is 12.1. The number of rotatable bonds is 4. The molecule has 0 radical (unpaired) electrons. The summed E-state index contributed by atoms with van der Waals surface area (Å²) in [5.41, 5.74) is 1.65. The molecule has 0 amide bonds. The van der Waals surface area contributed by atoms with Gasteiger partial charge in [-0.2, -0.15) is 5.10 Å². The Kier molecular flexibility index (Phi) is 4.13. The largest absolute Gasteiger partial charge is 0.493 e. The highest BCUT2D eigenvalue weighted by atomic mass is 16.5. The monoisotopic (exact) mass is 300 g/mol. The third-order valence-corrected chi connectivity index (χ3v) is 4.17. The summed E-state index contributed by atoms with van der Waals surface area (Å²) in [6.07, 6.45) is 4.39. The molecule has 0 unspecified atom stereocenters. The SMILES string of the molecule is COc1ccc(-c2ccc(=O)n(C3CCCC3)n2)cc1OC. The molecule has 3 rings (SSSR count). The van der Waals surface area contributed by atoms with Crippen LogP contribution in [-0.2, 0) is 0 Å². The van der Waals surface area contributed by atoms with Crippen molar-refractivity contribution in [2.24, 2.45) is 0 Å². The van der Waals surface area contributed by atoms with E-state index >= 15 is 0 Å². The van der Waals surface area contributed by atoms with E-state index in [-0.39, 0.29) is 11.6 Å². The number of benzene rings is 1. The predicted molar refractivity (Wildman–Crippen MR) is 84.5 cm³/mol. The van der Waals surface area contributed by atoms with E-state index in [1.165, 1.54) is 12.8 Å². The Hall–Kier alpha value is -2.30. The Bertz CT molecular complexity index is 718. The zero-order valence-electron chi connectivity index (χ0n) is 12.9. The van der Waals surface area contributed by atoms with Crippen molar-refractivity contribution in [3.8, 4) is 22.8 Å². The number of hydrogen-bond donors (Lipinski definition) is 0. The van der Waals surface area contributed by atoms with Crippen LogP contribution in [0.3, 0.4) is 0 Å². The maximum atomic E-state index is 12.1. The maximum absolute atomic E-state index is 12.1. The van der Waals surface area contributed by atoms with Crippen molar-refractivity contribution in [1.29, 1.82) is 0 Å². The Morgan fingerprint density at radius 1 is 1.05 bits per heavy atom. The summed E-state index contributed by atoms with van der Waals surface area (Å²) < 4.78 is 12.2. The third kappa shape index (κ3) is 2.71. The fourth-order valence-corrected chi connectivity index (χ4v) is 2.99. The van der Waals surface area contributed by atoms with E-state index in [0.717, 1.165) is 24.1 Å². The van der Waals surface area contributed by atoms with E-state index in [2.05, 4.69) is 5.10 Å². The topological polar surface area (TPSA) is 53.4 Å². The first-order valence-corrected chi connectivity index (χ1v) is 7.55. The lowest BCUT2D eigenvalue weighted by Crippen LogP contribution is -2.25. The Morgan fingerprint density at radius 2 is 1.77 bits per heavy atom. The molecule has 0 saturated heterocycles. The van der Waals surface area contributed by atoms with Gasteiger partial charge in [0.1, 0.15) is 0 Å². The fraction of sp³-hybridized carbons (Fsp3) is 0.412. The molecule has 5 nitrogen and oxygen atoms in total. The minimum atomic E-state index is -0.0314. The lowest BCUT2D eigenvalue weighted by Gasteiger charge is -2.14. The van der Waals surface area contributed by atoms with E-state index in [1.54, 1.807) is 31.0 Å². The average molecular weight is 300 g/mol. The number of ether oxygens (including phenoxy) is 2. The van der Waals surface area contributed by atoms with Crippen LogP contribution in [0.25, 0.3) is 11.3 Å². The summed E-state index contributed by atoms with van der Waals surface area (Å²) in [7, 11) is 3.21. The normalized spacial score (nSPS) is 15.0. The summed E-state index contributed by atoms with van der Waals surface area (Å²) >= 11 is 0. The summed E-state index contributed by atoms with van der Waals surface area (Å²) in [5, 5.41) is 4.56. The molecular formula is C17H20N2O3. The number of hydrogen-bond acceptors (Lipinski definition) is 4. The highest BCUT2D eigenvalue weighted by molar-refractivity contribution is 5.63. The van der Waals surface area contributed by atoms with Gasteiger partial charge in [-0.05, 0) is 37.1 Å². The van der Waals surface area contributed by atoms with Gasteiger partial charge in [-0.3, -0.25) is 4.79 Å². The molecular weight excluding hydrogens is 280 g/mol. The standard InChI is InChI=1S/C17H20N2O3/c1-21-15-9-7-12(11-16(15)22-2)14-8-10-17(20)19(18-14)13-5-3-4-6-13/h7-11,13H,3-6H2,1-2H3. The van der Waals surface area contributed by atoms with E-state index < -0.39 is 0 Å². The second-order valence-corrected chi connectivity index (χ2v) is 5.51. The van der Waals surface area contributed by atoms with Crippen LogP contribution in [0, 0.1) is 0 Å². The molecule has 1 fully saturated rings. The lowest BCUT2D eigenvalue weighted by atomic mass is 10.1. The molecule has 0 spiro atoms. The van der Waals surface area contributed by atoms with Gasteiger partial charge in [0.2, 0.25) is 0 Å². The van der Waals surface area contributed by atoms with Crippen molar-refractivity contribution in [2.75, 3.05) is 14.2 Å². The third-order valence-electron chi connectivity index (χ3n) is 4.17. The molecule has 0 N–H and O–H groups in total. The molecule has 22 heavy (non-hydrogen) atoms. The van der Waals surface area contributed by atoms with Gasteiger partial charge < -0.3 is 9.47 Å². The van der Waals surface area contributed by atoms with Crippen LogP contribution in [0.15, 0.2) is 35.1 Å². The fourth-order valence-electron chi connectivity index (χ4n) is 2.99. The van der Waals surface area contributed by atoms with Crippen LogP contribution >= 0.6 is 0 Å². The predicted octanol–water partition coefficient (Wildman–Crippen LogP) is 3.04. The summed E-state index contributed by atoms with van der Waals surface area (Å²) in [5.74, 6) is 1.33. The van der Waals surface area contributed by atoms with Crippen molar-refractivity contribution in [2.45, 2.75) is 31.7 Å². The Morgan fingerprint density at radius 3 is 2.45 bits per heavy atom. The molecule has 1 heterocycles. The highest BCUT2D eigenvalue weighted by Gasteiger charge is 2.19. The van der Waals surface area contributed by atoms with Crippen LogP contribution in [-0.4, -0.2) is 24.0 Å². The molecule has 116 valence electrons. The highest BCUT2D eigenvalue weighted by Crippen LogP contribution is 2.32. The van der Waals surface area contributed by atoms with Crippen LogP contribution in [0.4, 0.5) is 0 Å². The van der Waals surface area contributed by atoms with Crippen LogP contribution in [0.1, 0.15) is 31.7 Å². The number of nitrogens with zero attached hydrogens (tertiary/aromatic N) is 2. The van der Waals surface area contributed by atoms with Crippen molar-refractivity contribution in [3.05, 3.63) is 40.7 Å². The molecule has 1 aliphatic rings. The lowest BCUT2D eigenvalue weighted by molar-refractivity contribution is 0.355. The van der Waals surface area contributed by atoms with Gasteiger partial charge in [-0.15, -0.1) is 0 Å². The summed E-state index contributed by atoms with van der Waals surface area (Å²) in [6.45, 7) is 0. The minimum absolute atomic E-state index is 0.0314. The van der Waals surface area contributed by atoms with E-state index in [0.29, 0.717) is 11.5 Å². The molecule has 0 bridgehead atoms. The van der Waals surface area contributed by atoms with E-state index in [4.69, 9.17) is 9.47 Å². The van der Waals surface area contributed by atoms with Gasteiger partial charge in [0, 0.05) is 11.6 Å². The van der Waals surface area contributed by atoms with Crippen molar-refractivity contribution in [3.63, 3.8) is 0 Å². The molecule has 1 aromatic heterocycles. The quantitative estimate of drug-likeness (QED) is 0.871. The molecule has 1 aromatic carbocycles. The molecule has 0 atom stereocenters.